The zero-order valence-corrected chi connectivity index (χ0v) is 17.3. The Morgan fingerprint density at radius 1 is 1.19 bits per heavy atom. The van der Waals surface area contributed by atoms with Crippen molar-refractivity contribution >= 4 is 52.6 Å². The number of anilines is 2. The number of pyridine rings is 1. The maximum atomic E-state index is 12.9. The zero-order valence-electron chi connectivity index (χ0n) is 15.7. The van der Waals surface area contributed by atoms with E-state index in [1.54, 1.807) is 0 Å². The van der Waals surface area contributed by atoms with Gasteiger partial charge in [-0.15, -0.1) is 11.3 Å². The summed E-state index contributed by atoms with van der Waals surface area (Å²) in [5, 5.41) is 11.8. The van der Waals surface area contributed by atoms with Crippen LogP contribution in [0, 0.1) is 5.41 Å². The number of carbonyl (C=O) groups excluding carboxylic acids is 2. The number of nitrogen functional groups attached to an aromatic ring is 1. The van der Waals surface area contributed by atoms with Crippen molar-refractivity contribution in [2.45, 2.75) is 12.7 Å². The van der Waals surface area contributed by atoms with E-state index in [1.807, 2.05) is 0 Å². The smallest absolute Gasteiger partial charge is 0.383 e. The van der Waals surface area contributed by atoms with Crippen molar-refractivity contribution in [2.75, 3.05) is 11.1 Å². The fraction of sp³-hybridized carbons (Fsp3) is 0.118. The van der Waals surface area contributed by atoms with E-state index in [4.69, 9.17) is 22.7 Å². The van der Waals surface area contributed by atoms with Gasteiger partial charge in [-0.05, 0) is 6.07 Å². The van der Waals surface area contributed by atoms with Crippen molar-refractivity contribution in [3.63, 3.8) is 0 Å². The van der Waals surface area contributed by atoms with E-state index in [2.05, 4.69) is 30.6 Å². The molecule has 3 aromatic heterocycles. The summed E-state index contributed by atoms with van der Waals surface area (Å²) in [4.78, 5) is 39.8. The molecule has 0 atom stereocenters. The Hall–Kier alpha value is -3.65. The Labute approximate surface area is 186 Å². The number of halogens is 4. The predicted octanol–water partition coefficient (Wildman–Crippen LogP) is 2.76. The van der Waals surface area contributed by atoms with Gasteiger partial charge in [0.15, 0.2) is 0 Å². The van der Waals surface area contributed by atoms with Gasteiger partial charge in [-0.2, -0.15) is 13.2 Å². The normalized spacial score (nSPS) is 11.1. The Bertz CT molecular complexity index is 1200. The summed E-state index contributed by atoms with van der Waals surface area (Å²) < 4.78 is 38.8. The second-order valence-electron chi connectivity index (χ2n) is 5.97. The maximum absolute atomic E-state index is 12.9. The van der Waals surface area contributed by atoms with Gasteiger partial charge in [-0.25, -0.2) is 19.9 Å². The number of nitrogens with two attached hydrogens (primary N) is 1. The van der Waals surface area contributed by atoms with Crippen LogP contribution in [0.25, 0.3) is 0 Å². The minimum Gasteiger partial charge on any atom is -0.383 e. The molecule has 0 radical (unpaired) electrons. The van der Waals surface area contributed by atoms with Gasteiger partial charge in [0.05, 0.1) is 28.9 Å². The third-order valence-corrected chi connectivity index (χ3v) is 5.15. The fourth-order valence-corrected chi connectivity index (χ4v) is 3.33. The second-order valence-corrected chi connectivity index (χ2v) is 7.49. The van der Waals surface area contributed by atoms with Crippen molar-refractivity contribution < 1.29 is 22.8 Å². The first-order valence-electron chi connectivity index (χ1n) is 8.48. The summed E-state index contributed by atoms with van der Waals surface area (Å²) >= 11 is 6.41. The third kappa shape index (κ3) is 5.15. The lowest BCUT2D eigenvalue weighted by Gasteiger charge is -2.10. The highest BCUT2D eigenvalue weighted by molar-refractivity contribution is 7.13. The van der Waals surface area contributed by atoms with Crippen LogP contribution in [-0.4, -0.2) is 38.0 Å². The maximum Gasteiger partial charge on any atom is 0.418 e. The minimum atomic E-state index is -4.71. The van der Waals surface area contributed by atoms with Crippen LogP contribution in [0.3, 0.4) is 0 Å². The topological polar surface area (TPSA) is 160 Å². The highest BCUT2D eigenvalue weighted by Crippen LogP contribution is 2.35. The second kappa shape index (κ2) is 9.23. The number of amides is 2. The summed E-state index contributed by atoms with van der Waals surface area (Å²) in [6.07, 6.45) is -0.783. The molecule has 3 heterocycles. The number of rotatable bonds is 6. The van der Waals surface area contributed by atoms with Gasteiger partial charge in [-0.1, -0.05) is 11.6 Å². The molecule has 10 nitrogen and oxygen atoms in total. The molecule has 15 heteroatoms. The Morgan fingerprint density at radius 2 is 1.94 bits per heavy atom. The molecule has 166 valence electrons. The fourth-order valence-electron chi connectivity index (χ4n) is 2.37. The minimum absolute atomic E-state index is 0.0298. The lowest BCUT2D eigenvalue weighted by Crippen LogP contribution is -2.25. The molecular weight excluding hydrogens is 473 g/mol. The largest absolute Gasteiger partial charge is 0.418 e. The Balaban J connectivity index is 1.66. The molecule has 3 aromatic rings. The van der Waals surface area contributed by atoms with Gasteiger partial charge in [0.2, 0.25) is 0 Å². The Morgan fingerprint density at radius 3 is 2.62 bits per heavy atom. The van der Waals surface area contributed by atoms with Gasteiger partial charge < -0.3 is 21.8 Å². The van der Waals surface area contributed by atoms with E-state index in [-0.39, 0.29) is 34.3 Å². The first kappa shape index (κ1) is 23.0. The Kier molecular flexibility index (Phi) is 6.64. The van der Waals surface area contributed by atoms with Crippen LogP contribution in [0.1, 0.15) is 36.3 Å². The van der Waals surface area contributed by atoms with Crippen LogP contribution in [0.15, 0.2) is 24.8 Å². The lowest BCUT2D eigenvalue weighted by atomic mass is 10.2. The van der Waals surface area contributed by atoms with Gasteiger partial charge in [0.1, 0.15) is 33.5 Å². The van der Waals surface area contributed by atoms with Crippen LogP contribution < -0.4 is 16.4 Å². The number of alkyl halides is 3. The predicted molar refractivity (Wildman–Crippen MR) is 110 cm³/mol. The standard InChI is InChI=1S/C17H12ClF3N8O2S/c18-9-3-24-11(1-8(9)17(19,20)21)29-15(30)10-4-25-12(32-10)5-26-16(31)13-7(2-22)14(23)28-6-27-13/h1-4,6,22H,5H2,(H,26,31)(H2,23,27,28)(H,24,29,30). The monoisotopic (exact) mass is 484 g/mol. The van der Waals surface area contributed by atoms with E-state index in [9.17, 15) is 22.8 Å². The summed E-state index contributed by atoms with van der Waals surface area (Å²) in [7, 11) is 0. The number of carbonyl (C=O) groups is 2. The first-order valence-corrected chi connectivity index (χ1v) is 9.67. The summed E-state index contributed by atoms with van der Waals surface area (Å²) in [6.45, 7) is -0.0739. The van der Waals surface area contributed by atoms with Crippen LogP contribution >= 0.6 is 22.9 Å². The molecule has 5 N–H and O–H groups in total. The van der Waals surface area contributed by atoms with Crippen molar-refractivity contribution in [3.05, 3.63) is 56.5 Å². The summed E-state index contributed by atoms with van der Waals surface area (Å²) in [5.41, 5.74) is 4.43. The summed E-state index contributed by atoms with van der Waals surface area (Å²) in [5.74, 6) is -1.74. The molecule has 0 aromatic carbocycles. The number of nitrogens with zero attached hydrogens (tertiary/aromatic N) is 4. The molecule has 0 saturated carbocycles. The van der Waals surface area contributed by atoms with E-state index in [1.165, 1.54) is 6.20 Å². The van der Waals surface area contributed by atoms with Gasteiger partial charge in [-0.3, -0.25) is 9.59 Å². The molecule has 0 spiro atoms. The van der Waals surface area contributed by atoms with Crippen molar-refractivity contribution in [3.8, 4) is 0 Å². The van der Waals surface area contributed by atoms with E-state index >= 15 is 0 Å². The number of nitrogens with one attached hydrogen (secondary N) is 3. The molecule has 0 fully saturated rings. The SMILES string of the molecule is N=Cc1c(N)ncnc1C(=O)NCc1ncc(C(=O)Nc2cc(C(F)(F)F)c(Cl)cn2)s1. The van der Waals surface area contributed by atoms with Gasteiger partial charge >= 0.3 is 6.18 Å². The number of aromatic nitrogens is 4. The van der Waals surface area contributed by atoms with E-state index in [0.717, 1.165) is 30.1 Å². The van der Waals surface area contributed by atoms with Gasteiger partial charge in [0, 0.05) is 12.4 Å². The van der Waals surface area contributed by atoms with Crippen LogP contribution in [0.5, 0.6) is 0 Å². The quantitative estimate of drug-likeness (QED) is 0.391. The molecule has 3 rings (SSSR count). The molecule has 0 unspecified atom stereocenters. The molecule has 0 bridgehead atoms. The molecule has 0 aliphatic carbocycles. The third-order valence-electron chi connectivity index (χ3n) is 3.85. The molecule has 32 heavy (non-hydrogen) atoms. The highest BCUT2D eigenvalue weighted by atomic mass is 35.5. The van der Waals surface area contributed by atoms with Crippen molar-refractivity contribution in [2.24, 2.45) is 0 Å². The number of hydrogen-bond acceptors (Lipinski definition) is 9. The molecule has 0 aliphatic heterocycles. The lowest BCUT2D eigenvalue weighted by molar-refractivity contribution is -0.137. The van der Waals surface area contributed by atoms with Crippen molar-refractivity contribution in [1.82, 2.24) is 25.3 Å². The van der Waals surface area contributed by atoms with Crippen LogP contribution in [-0.2, 0) is 12.7 Å². The van der Waals surface area contributed by atoms with Gasteiger partial charge in [0.25, 0.3) is 11.8 Å². The van der Waals surface area contributed by atoms with Crippen LogP contribution in [0.2, 0.25) is 5.02 Å². The molecular formula is C17H12ClF3N8O2S. The average Bonchev–Trinajstić information content (AvgIpc) is 3.21. The average molecular weight is 485 g/mol. The summed E-state index contributed by atoms with van der Waals surface area (Å²) in [6, 6.07) is 0.622. The van der Waals surface area contributed by atoms with E-state index < -0.39 is 28.6 Å². The van der Waals surface area contributed by atoms with Crippen LogP contribution in [0.4, 0.5) is 24.8 Å². The number of hydrogen-bond donors (Lipinski definition) is 4. The molecule has 0 aliphatic rings. The highest BCUT2D eigenvalue weighted by Gasteiger charge is 2.34. The molecule has 0 saturated heterocycles. The first-order chi connectivity index (χ1) is 15.1. The van der Waals surface area contributed by atoms with Crippen molar-refractivity contribution in [1.29, 1.82) is 5.41 Å². The van der Waals surface area contributed by atoms with E-state index in [0.29, 0.717) is 11.1 Å². The number of thiazole rings is 1. The zero-order chi connectivity index (χ0) is 23.5. The molecule has 2 amide bonds.